The van der Waals surface area contributed by atoms with Gasteiger partial charge in [0.15, 0.2) is 17.5 Å². The van der Waals surface area contributed by atoms with Gasteiger partial charge in [-0.2, -0.15) is 0 Å². The van der Waals surface area contributed by atoms with Crippen molar-refractivity contribution in [3.63, 3.8) is 0 Å². The van der Waals surface area contributed by atoms with Crippen LogP contribution >= 0.6 is 0 Å². The molecule has 150 valence electrons. The lowest BCUT2D eigenvalue weighted by Crippen LogP contribution is -2.46. The normalized spacial score (nSPS) is 14.2. The van der Waals surface area contributed by atoms with Crippen molar-refractivity contribution < 1.29 is 13.2 Å². The Kier molecular flexibility index (Phi) is 5.24. The summed E-state index contributed by atoms with van der Waals surface area (Å²) in [5.74, 6) is -2.50. The molecular weight excluding hydrogens is 379 g/mol. The monoisotopic (exact) mass is 399 g/mol. The first-order chi connectivity index (χ1) is 14.0. The Balaban J connectivity index is 1.50. The molecule has 29 heavy (non-hydrogen) atoms. The molecule has 0 aliphatic carbocycles. The van der Waals surface area contributed by atoms with Gasteiger partial charge in [0.2, 0.25) is 0 Å². The molecule has 4 rings (SSSR count). The van der Waals surface area contributed by atoms with E-state index in [0.717, 1.165) is 38.3 Å². The summed E-state index contributed by atoms with van der Waals surface area (Å²) in [6, 6.07) is 13.9. The number of anilines is 4. The Bertz CT molecular complexity index is 1000. The van der Waals surface area contributed by atoms with Crippen molar-refractivity contribution in [1.82, 2.24) is 9.97 Å². The Morgan fingerprint density at radius 3 is 2.24 bits per heavy atom. The van der Waals surface area contributed by atoms with Gasteiger partial charge in [0, 0.05) is 37.9 Å². The van der Waals surface area contributed by atoms with E-state index < -0.39 is 17.5 Å². The highest BCUT2D eigenvalue weighted by molar-refractivity contribution is 5.61. The van der Waals surface area contributed by atoms with E-state index in [1.54, 1.807) is 13.0 Å². The molecule has 1 saturated heterocycles. The van der Waals surface area contributed by atoms with Crippen molar-refractivity contribution in [2.24, 2.45) is 0 Å². The van der Waals surface area contributed by atoms with Crippen LogP contribution in [0.5, 0.6) is 0 Å². The van der Waals surface area contributed by atoms with Gasteiger partial charge in [-0.1, -0.05) is 18.2 Å². The van der Waals surface area contributed by atoms with Gasteiger partial charge in [-0.3, -0.25) is 0 Å². The van der Waals surface area contributed by atoms with Crippen molar-refractivity contribution in [3.8, 4) is 0 Å². The lowest BCUT2D eigenvalue weighted by Gasteiger charge is -2.36. The zero-order valence-electron chi connectivity index (χ0n) is 15.9. The number of hydrogen-bond acceptors (Lipinski definition) is 5. The van der Waals surface area contributed by atoms with Crippen LogP contribution in [0.2, 0.25) is 0 Å². The number of piperazine rings is 1. The maximum absolute atomic E-state index is 14.0. The van der Waals surface area contributed by atoms with Crippen molar-refractivity contribution >= 4 is 23.0 Å². The van der Waals surface area contributed by atoms with E-state index in [0.29, 0.717) is 17.5 Å². The van der Waals surface area contributed by atoms with Crippen LogP contribution in [0.15, 0.2) is 48.5 Å². The second kappa shape index (κ2) is 7.98. The maximum atomic E-state index is 14.0. The average Bonchev–Trinajstić information content (AvgIpc) is 2.74. The number of halogens is 3. The minimum absolute atomic E-state index is 0.179. The number of nitrogens with one attached hydrogen (secondary N) is 1. The molecule has 3 aromatic rings. The molecule has 0 amide bonds. The fraction of sp³-hybridized carbons (Fsp3) is 0.238. The Morgan fingerprint density at radius 1 is 0.828 bits per heavy atom. The first kappa shape index (κ1) is 19.0. The fourth-order valence-corrected chi connectivity index (χ4v) is 3.37. The first-order valence-corrected chi connectivity index (χ1v) is 9.32. The molecule has 1 aromatic heterocycles. The smallest absolute Gasteiger partial charge is 0.196 e. The van der Waals surface area contributed by atoms with Crippen LogP contribution in [-0.4, -0.2) is 36.1 Å². The summed E-state index contributed by atoms with van der Waals surface area (Å²) in [5, 5.41) is 2.73. The minimum atomic E-state index is -1.52. The predicted octanol–water partition coefficient (Wildman–Crippen LogP) is 4.27. The number of rotatable bonds is 4. The largest absolute Gasteiger partial charge is 0.368 e. The number of hydrogen-bond donors (Lipinski definition) is 1. The van der Waals surface area contributed by atoms with Crippen LogP contribution in [0.3, 0.4) is 0 Å². The SMILES string of the molecule is Cc1nc(Nc2ccc(F)c(F)c2F)cc(N2CCN(c3ccccc3)CC2)n1. The van der Waals surface area contributed by atoms with Gasteiger partial charge in [-0.25, -0.2) is 23.1 Å². The molecular formula is C21H20F3N5. The van der Waals surface area contributed by atoms with Crippen molar-refractivity contribution in [2.45, 2.75) is 6.92 Å². The molecule has 1 fully saturated rings. The standard InChI is InChI=1S/C21H20F3N5/c1-14-25-18(27-17-8-7-16(22)20(23)21(17)24)13-19(26-14)29-11-9-28(10-12-29)15-5-3-2-4-6-15/h2-8,13H,9-12H2,1H3,(H,25,26,27). The van der Waals surface area contributed by atoms with Gasteiger partial charge < -0.3 is 15.1 Å². The van der Waals surface area contributed by atoms with E-state index in [1.807, 2.05) is 18.2 Å². The topological polar surface area (TPSA) is 44.3 Å². The summed E-state index contributed by atoms with van der Waals surface area (Å²) in [6.07, 6.45) is 0. The summed E-state index contributed by atoms with van der Waals surface area (Å²) in [5.41, 5.74) is 1.00. The summed E-state index contributed by atoms with van der Waals surface area (Å²) in [6.45, 7) is 4.95. The lowest BCUT2D eigenvalue weighted by atomic mass is 10.2. The van der Waals surface area contributed by atoms with Crippen LogP contribution in [0, 0.1) is 24.4 Å². The highest BCUT2D eigenvalue weighted by Gasteiger charge is 2.20. The van der Waals surface area contributed by atoms with Crippen LogP contribution in [-0.2, 0) is 0 Å². The molecule has 1 aliphatic rings. The van der Waals surface area contributed by atoms with Gasteiger partial charge in [0.05, 0.1) is 5.69 Å². The van der Waals surface area contributed by atoms with E-state index in [2.05, 4.69) is 37.2 Å². The van der Waals surface area contributed by atoms with Crippen LogP contribution in [0.1, 0.15) is 5.82 Å². The Hall–Kier alpha value is -3.29. The number of benzene rings is 2. The molecule has 8 heteroatoms. The van der Waals surface area contributed by atoms with Gasteiger partial charge in [0.25, 0.3) is 0 Å². The fourth-order valence-electron chi connectivity index (χ4n) is 3.37. The minimum Gasteiger partial charge on any atom is -0.368 e. The zero-order valence-corrected chi connectivity index (χ0v) is 15.9. The number of nitrogens with zero attached hydrogens (tertiary/aromatic N) is 4. The summed E-state index contributed by atoms with van der Waals surface area (Å²) in [4.78, 5) is 13.1. The van der Waals surface area contributed by atoms with E-state index in [1.165, 1.54) is 5.69 Å². The first-order valence-electron chi connectivity index (χ1n) is 9.32. The summed E-state index contributed by atoms with van der Waals surface area (Å²) < 4.78 is 40.6. The van der Waals surface area contributed by atoms with E-state index in [-0.39, 0.29) is 5.69 Å². The zero-order chi connectivity index (χ0) is 20.4. The molecule has 1 aliphatic heterocycles. The molecule has 0 saturated carbocycles. The van der Waals surface area contributed by atoms with Gasteiger partial charge in [-0.05, 0) is 31.2 Å². The van der Waals surface area contributed by atoms with E-state index >= 15 is 0 Å². The number of para-hydroxylation sites is 1. The van der Waals surface area contributed by atoms with Gasteiger partial charge >= 0.3 is 0 Å². The Labute approximate surface area is 166 Å². The van der Waals surface area contributed by atoms with Crippen LogP contribution < -0.4 is 15.1 Å². The molecule has 0 spiro atoms. The quantitative estimate of drug-likeness (QED) is 0.664. The third kappa shape index (κ3) is 4.11. The highest BCUT2D eigenvalue weighted by atomic mass is 19.2. The van der Waals surface area contributed by atoms with Crippen molar-refractivity contribution in [3.05, 3.63) is 71.8 Å². The molecule has 0 unspecified atom stereocenters. The molecule has 2 heterocycles. The third-order valence-electron chi connectivity index (χ3n) is 4.85. The predicted molar refractivity (Wildman–Crippen MR) is 107 cm³/mol. The molecule has 0 radical (unpaired) electrons. The molecule has 0 bridgehead atoms. The number of aryl methyl sites for hydroxylation is 1. The summed E-state index contributed by atoms with van der Waals surface area (Å²) in [7, 11) is 0. The van der Waals surface area contributed by atoms with Crippen LogP contribution in [0.25, 0.3) is 0 Å². The van der Waals surface area contributed by atoms with E-state index in [9.17, 15) is 13.2 Å². The molecule has 1 N–H and O–H groups in total. The molecule has 5 nitrogen and oxygen atoms in total. The highest BCUT2D eigenvalue weighted by Crippen LogP contribution is 2.25. The molecule has 0 atom stereocenters. The number of aromatic nitrogens is 2. The van der Waals surface area contributed by atoms with Gasteiger partial charge in [0.1, 0.15) is 17.5 Å². The molecule has 2 aromatic carbocycles. The summed E-state index contributed by atoms with van der Waals surface area (Å²) >= 11 is 0. The third-order valence-corrected chi connectivity index (χ3v) is 4.85. The Morgan fingerprint density at radius 2 is 1.52 bits per heavy atom. The lowest BCUT2D eigenvalue weighted by molar-refractivity contribution is 0.449. The second-order valence-electron chi connectivity index (χ2n) is 6.82. The van der Waals surface area contributed by atoms with Gasteiger partial charge in [-0.15, -0.1) is 0 Å². The van der Waals surface area contributed by atoms with Crippen LogP contribution in [0.4, 0.5) is 36.2 Å². The van der Waals surface area contributed by atoms with E-state index in [4.69, 9.17) is 0 Å². The van der Waals surface area contributed by atoms with Crippen molar-refractivity contribution in [2.75, 3.05) is 41.3 Å². The van der Waals surface area contributed by atoms with Crippen molar-refractivity contribution in [1.29, 1.82) is 0 Å². The maximum Gasteiger partial charge on any atom is 0.196 e. The average molecular weight is 399 g/mol. The second-order valence-corrected chi connectivity index (χ2v) is 6.82.